The van der Waals surface area contributed by atoms with Gasteiger partial charge >= 0.3 is 11.9 Å². The Bertz CT molecular complexity index is 812. The Morgan fingerprint density at radius 3 is 2.14 bits per heavy atom. The van der Waals surface area contributed by atoms with Crippen molar-refractivity contribution in [1.29, 1.82) is 0 Å². The van der Waals surface area contributed by atoms with Crippen molar-refractivity contribution in [3.05, 3.63) is 35.5 Å². The normalized spacial score (nSPS) is 17.9. The highest BCUT2D eigenvalue weighted by atomic mass is 16.5. The van der Waals surface area contributed by atoms with Gasteiger partial charge in [-0.15, -0.1) is 0 Å². The number of esters is 2. The number of piperidine rings is 1. The molecule has 0 saturated carbocycles. The van der Waals surface area contributed by atoms with E-state index in [4.69, 9.17) is 19.9 Å². The Hall–Kier alpha value is -3.07. The van der Waals surface area contributed by atoms with Crippen LogP contribution in [-0.4, -0.2) is 58.5 Å². The highest BCUT2D eigenvalue weighted by Crippen LogP contribution is 2.30. The summed E-state index contributed by atoms with van der Waals surface area (Å²) in [5, 5.41) is 0. The zero-order valence-corrected chi connectivity index (χ0v) is 16.6. The first kappa shape index (κ1) is 20.7. The zero-order valence-electron chi connectivity index (χ0n) is 16.6. The van der Waals surface area contributed by atoms with E-state index in [-0.39, 0.29) is 36.4 Å². The van der Waals surface area contributed by atoms with Gasteiger partial charge in [-0.3, -0.25) is 4.79 Å². The quantitative estimate of drug-likeness (QED) is 0.718. The number of carbonyl (C=O) groups is 3. The van der Waals surface area contributed by atoms with Crippen LogP contribution in [0.4, 0.5) is 11.4 Å². The van der Waals surface area contributed by atoms with Gasteiger partial charge in [0.2, 0.25) is 5.91 Å². The summed E-state index contributed by atoms with van der Waals surface area (Å²) >= 11 is 0. The van der Waals surface area contributed by atoms with Crippen LogP contribution in [0.3, 0.4) is 0 Å². The predicted molar refractivity (Wildman–Crippen MR) is 105 cm³/mol. The summed E-state index contributed by atoms with van der Waals surface area (Å²) in [6.45, 7) is 1.58. The van der Waals surface area contributed by atoms with Gasteiger partial charge in [0, 0.05) is 30.4 Å². The van der Waals surface area contributed by atoms with E-state index >= 15 is 0 Å². The second-order valence-corrected chi connectivity index (χ2v) is 6.90. The lowest BCUT2D eigenvalue weighted by molar-refractivity contribution is -0.140. The van der Waals surface area contributed by atoms with Gasteiger partial charge in [0.1, 0.15) is 12.4 Å². The fourth-order valence-electron chi connectivity index (χ4n) is 3.61. The Balaban J connectivity index is 1.82. The van der Waals surface area contributed by atoms with Crippen LogP contribution in [-0.2, 0) is 28.6 Å². The molecular formula is C20H25N3O6. The van der Waals surface area contributed by atoms with Gasteiger partial charge in [-0.25, -0.2) is 9.59 Å². The maximum absolute atomic E-state index is 12.4. The highest BCUT2D eigenvalue weighted by molar-refractivity contribution is 6.03. The van der Waals surface area contributed by atoms with E-state index in [1.54, 1.807) is 4.90 Å². The van der Waals surface area contributed by atoms with Crippen molar-refractivity contribution in [1.82, 2.24) is 0 Å². The lowest BCUT2D eigenvalue weighted by Gasteiger charge is -2.34. The van der Waals surface area contributed by atoms with Crippen molar-refractivity contribution in [2.45, 2.75) is 12.8 Å². The molecule has 9 nitrogen and oxygen atoms in total. The highest BCUT2D eigenvalue weighted by Gasteiger charge is 2.32. The summed E-state index contributed by atoms with van der Waals surface area (Å²) in [7, 11) is 2.51. The summed E-state index contributed by atoms with van der Waals surface area (Å²) in [5.74, 6) is -1.58. The number of hydrogen-bond acceptors (Lipinski definition) is 8. The molecule has 0 radical (unpaired) electrons. The number of hydrogen-bond donors (Lipinski definition) is 1. The molecule has 0 aromatic heterocycles. The van der Waals surface area contributed by atoms with E-state index in [2.05, 4.69) is 4.90 Å². The van der Waals surface area contributed by atoms with Gasteiger partial charge < -0.3 is 29.7 Å². The van der Waals surface area contributed by atoms with E-state index in [0.717, 1.165) is 31.6 Å². The van der Waals surface area contributed by atoms with Crippen molar-refractivity contribution in [3.63, 3.8) is 0 Å². The minimum atomic E-state index is -0.635. The second-order valence-electron chi connectivity index (χ2n) is 6.90. The number of nitrogens with two attached hydrogens (primary N) is 1. The van der Waals surface area contributed by atoms with Crippen LogP contribution in [0.2, 0.25) is 0 Å². The fourth-order valence-corrected chi connectivity index (χ4v) is 3.61. The van der Waals surface area contributed by atoms with Crippen molar-refractivity contribution in [3.8, 4) is 0 Å². The van der Waals surface area contributed by atoms with E-state index in [1.165, 1.54) is 14.2 Å². The van der Waals surface area contributed by atoms with Crippen molar-refractivity contribution in [2.75, 3.05) is 50.4 Å². The molecule has 156 valence electrons. The molecule has 1 fully saturated rings. The number of rotatable bonds is 5. The number of ether oxygens (including phenoxy) is 3. The fraction of sp³-hybridized carbons (Fsp3) is 0.450. The molecule has 0 bridgehead atoms. The summed E-state index contributed by atoms with van der Waals surface area (Å²) in [6, 6.07) is 7.56. The molecule has 1 aromatic rings. The smallest absolute Gasteiger partial charge is 0.355 e. The number of primary amides is 1. The molecule has 0 atom stereocenters. The third-order valence-electron chi connectivity index (χ3n) is 5.26. The first-order valence-electron chi connectivity index (χ1n) is 9.35. The number of amides is 1. The van der Waals surface area contributed by atoms with Crippen LogP contribution in [0.15, 0.2) is 35.5 Å². The number of benzene rings is 1. The van der Waals surface area contributed by atoms with Crippen LogP contribution in [0, 0.1) is 5.92 Å². The van der Waals surface area contributed by atoms with Gasteiger partial charge in [0.25, 0.3) is 0 Å². The number of nitrogens with zero attached hydrogens (tertiary/aromatic N) is 2. The van der Waals surface area contributed by atoms with Crippen molar-refractivity contribution >= 4 is 29.2 Å². The minimum Gasteiger partial charge on any atom is -0.466 e. The molecule has 1 saturated heterocycles. The van der Waals surface area contributed by atoms with Gasteiger partial charge in [-0.2, -0.15) is 0 Å². The maximum atomic E-state index is 12.4. The molecule has 0 unspecified atom stereocenters. The van der Waals surface area contributed by atoms with E-state index in [1.807, 2.05) is 24.3 Å². The Morgan fingerprint density at radius 1 is 1.00 bits per heavy atom. The van der Waals surface area contributed by atoms with Gasteiger partial charge in [-0.1, -0.05) is 0 Å². The Morgan fingerprint density at radius 2 is 1.59 bits per heavy atom. The number of anilines is 2. The van der Waals surface area contributed by atoms with Gasteiger partial charge in [-0.05, 0) is 37.1 Å². The lowest BCUT2D eigenvalue weighted by Crippen LogP contribution is -2.39. The van der Waals surface area contributed by atoms with Crippen LogP contribution >= 0.6 is 0 Å². The second kappa shape index (κ2) is 8.95. The molecule has 2 N–H and O–H groups in total. The first-order chi connectivity index (χ1) is 14.0. The largest absolute Gasteiger partial charge is 0.466 e. The van der Waals surface area contributed by atoms with E-state index in [9.17, 15) is 14.4 Å². The summed E-state index contributed by atoms with van der Waals surface area (Å²) in [5.41, 5.74) is 7.31. The Labute approximate surface area is 169 Å². The molecule has 0 aliphatic carbocycles. The maximum Gasteiger partial charge on any atom is 0.355 e. The van der Waals surface area contributed by atoms with E-state index in [0.29, 0.717) is 5.69 Å². The topological polar surface area (TPSA) is 111 Å². The van der Waals surface area contributed by atoms with Crippen LogP contribution in [0.25, 0.3) is 0 Å². The number of methoxy groups -OCH3 is 2. The molecule has 2 aliphatic heterocycles. The van der Waals surface area contributed by atoms with Crippen LogP contribution in [0.5, 0.6) is 0 Å². The van der Waals surface area contributed by atoms with Crippen LogP contribution < -0.4 is 15.5 Å². The monoisotopic (exact) mass is 403 g/mol. The first-order valence-corrected chi connectivity index (χ1v) is 9.35. The molecule has 29 heavy (non-hydrogen) atoms. The number of carbonyl (C=O) groups excluding carboxylic acids is 3. The average Bonchev–Trinajstić information content (AvgIpc) is 2.77. The predicted octanol–water partition coefficient (Wildman–Crippen LogP) is 0.783. The third kappa shape index (κ3) is 4.34. The standard InChI is InChI=1S/C20H25N3O6/c1-27-19(25)16-11-29-12-23(17(16)20(26)28-2)15-5-3-14(4-6-15)22-9-7-13(8-10-22)18(21)24/h3-6,13H,7-12H2,1-2H3,(H2,21,24). The SMILES string of the molecule is COC(=O)C1=C(C(=O)OC)N(c2ccc(N3CCC(C(N)=O)CC3)cc2)COC1. The molecule has 2 heterocycles. The lowest BCUT2D eigenvalue weighted by atomic mass is 9.96. The zero-order chi connectivity index (χ0) is 21.0. The molecule has 1 aromatic carbocycles. The van der Waals surface area contributed by atoms with Crippen LogP contribution in [0.1, 0.15) is 12.8 Å². The molecule has 0 spiro atoms. The molecular weight excluding hydrogens is 378 g/mol. The average molecular weight is 403 g/mol. The summed E-state index contributed by atoms with van der Waals surface area (Å²) in [6.07, 6.45) is 1.46. The van der Waals surface area contributed by atoms with Gasteiger partial charge in [0.05, 0.1) is 26.4 Å². The molecule has 1 amide bonds. The third-order valence-corrected chi connectivity index (χ3v) is 5.26. The Kier molecular flexibility index (Phi) is 6.38. The molecule has 9 heteroatoms. The van der Waals surface area contributed by atoms with Gasteiger partial charge in [0.15, 0.2) is 0 Å². The molecule has 3 rings (SSSR count). The summed E-state index contributed by atoms with van der Waals surface area (Å²) in [4.78, 5) is 39.5. The molecule has 2 aliphatic rings. The summed E-state index contributed by atoms with van der Waals surface area (Å²) < 4.78 is 15.1. The van der Waals surface area contributed by atoms with E-state index < -0.39 is 11.9 Å². The minimum absolute atomic E-state index is 0.0273. The van der Waals surface area contributed by atoms with Crippen molar-refractivity contribution < 1.29 is 28.6 Å². The van der Waals surface area contributed by atoms with Crippen molar-refractivity contribution in [2.24, 2.45) is 11.7 Å².